The van der Waals surface area contributed by atoms with Crippen LogP contribution in [-0.2, 0) is 5.41 Å². The van der Waals surface area contributed by atoms with Gasteiger partial charge in [-0.05, 0) is 62.0 Å². The van der Waals surface area contributed by atoms with Crippen molar-refractivity contribution in [3.05, 3.63) is 33.8 Å². The highest BCUT2D eigenvalue weighted by molar-refractivity contribution is 6.42. The molecule has 0 bridgehead atoms. The van der Waals surface area contributed by atoms with Crippen molar-refractivity contribution >= 4 is 23.2 Å². The van der Waals surface area contributed by atoms with Crippen LogP contribution in [0.2, 0.25) is 10.0 Å². The van der Waals surface area contributed by atoms with E-state index in [1.807, 2.05) is 6.07 Å². The van der Waals surface area contributed by atoms with Crippen molar-refractivity contribution in [1.29, 1.82) is 0 Å². The van der Waals surface area contributed by atoms with Crippen molar-refractivity contribution in [1.82, 2.24) is 4.90 Å². The Kier molecular flexibility index (Phi) is 5.16. The normalized spacial score (nSPS) is 17.5. The van der Waals surface area contributed by atoms with Crippen LogP contribution in [0.5, 0.6) is 0 Å². The second-order valence-corrected chi connectivity index (χ2v) is 6.35. The van der Waals surface area contributed by atoms with Crippen LogP contribution in [0, 0.1) is 0 Å². The van der Waals surface area contributed by atoms with E-state index in [1.165, 1.54) is 37.8 Å². The van der Waals surface area contributed by atoms with Crippen molar-refractivity contribution in [2.75, 3.05) is 19.6 Å². The molecule has 0 radical (unpaired) electrons. The van der Waals surface area contributed by atoms with Gasteiger partial charge in [-0.3, -0.25) is 0 Å². The first-order valence-electron chi connectivity index (χ1n) is 7.29. The molecule has 19 heavy (non-hydrogen) atoms. The number of rotatable bonds is 6. The summed E-state index contributed by atoms with van der Waals surface area (Å²) in [6, 6.07) is 6.18. The monoisotopic (exact) mass is 299 g/mol. The van der Waals surface area contributed by atoms with Gasteiger partial charge >= 0.3 is 0 Å². The van der Waals surface area contributed by atoms with Gasteiger partial charge in [0.2, 0.25) is 0 Å². The molecule has 0 saturated heterocycles. The maximum absolute atomic E-state index is 6.18. The quantitative estimate of drug-likeness (QED) is 0.702. The van der Waals surface area contributed by atoms with E-state index in [-0.39, 0.29) is 0 Å². The molecule has 0 unspecified atom stereocenters. The van der Waals surface area contributed by atoms with E-state index in [1.54, 1.807) is 0 Å². The van der Waals surface area contributed by atoms with Crippen LogP contribution in [0.1, 0.15) is 45.1 Å². The third-order valence-corrected chi connectivity index (χ3v) is 5.38. The van der Waals surface area contributed by atoms with Gasteiger partial charge in [0.25, 0.3) is 0 Å². The summed E-state index contributed by atoms with van der Waals surface area (Å²) in [5.41, 5.74) is 1.72. The summed E-state index contributed by atoms with van der Waals surface area (Å²) in [5, 5.41) is 1.34. The molecule has 1 saturated carbocycles. The molecule has 1 nitrogen and oxygen atoms in total. The van der Waals surface area contributed by atoms with Crippen molar-refractivity contribution in [3.63, 3.8) is 0 Å². The number of benzene rings is 1. The van der Waals surface area contributed by atoms with E-state index in [9.17, 15) is 0 Å². The van der Waals surface area contributed by atoms with Gasteiger partial charge < -0.3 is 4.90 Å². The standard InChI is InChI=1S/C16H23Cl2N/c1-3-19(4-2)11-10-16(8-5-9-16)13-6-7-14(17)15(18)12-13/h6-7,12H,3-5,8-11H2,1-2H3. The summed E-state index contributed by atoms with van der Waals surface area (Å²) in [7, 11) is 0. The molecule has 1 aliphatic rings. The first-order valence-corrected chi connectivity index (χ1v) is 8.05. The van der Waals surface area contributed by atoms with Gasteiger partial charge in [-0.2, -0.15) is 0 Å². The molecule has 1 aromatic rings. The third kappa shape index (κ3) is 3.26. The van der Waals surface area contributed by atoms with Crippen LogP contribution in [0.25, 0.3) is 0 Å². The summed E-state index contributed by atoms with van der Waals surface area (Å²) in [5.74, 6) is 0. The van der Waals surface area contributed by atoms with Gasteiger partial charge in [-0.1, -0.05) is 49.5 Å². The van der Waals surface area contributed by atoms with Crippen LogP contribution >= 0.6 is 23.2 Å². The minimum atomic E-state index is 0.344. The molecule has 0 aliphatic heterocycles. The molecular formula is C16H23Cl2N. The van der Waals surface area contributed by atoms with Gasteiger partial charge in [0.05, 0.1) is 10.0 Å². The Labute approximate surface area is 126 Å². The summed E-state index contributed by atoms with van der Waals surface area (Å²) in [4.78, 5) is 2.50. The van der Waals surface area contributed by atoms with Crippen molar-refractivity contribution in [2.45, 2.75) is 44.9 Å². The van der Waals surface area contributed by atoms with Crippen LogP contribution in [0.3, 0.4) is 0 Å². The first-order chi connectivity index (χ1) is 9.11. The largest absolute Gasteiger partial charge is 0.304 e. The molecule has 0 aromatic heterocycles. The van der Waals surface area contributed by atoms with Crippen molar-refractivity contribution in [3.8, 4) is 0 Å². The third-order valence-electron chi connectivity index (χ3n) is 4.64. The molecule has 106 valence electrons. The maximum Gasteiger partial charge on any atom is 0.0595 e. The lowest BCUT2D eigenvalue weighted by molar-refractivity contribution is 0.183. The molecule has 1 aliphatic carbocycles. The lowest BCUT2D eigenvalue weighted by Crippen LogP contribution is -2.38. The second-order valence-electron chi connectivity index (χ2n) is 5.54. The summed E-state index contributed by atoms with van der Waals surface area (Å²) in [6.45, 7) is 7.90. The Morgan fingerprint density at radius 1 is 1.11 bits per heavy atom. The Bertz CT molecular complexity index is 423. The number of halogens is 2. The number of hydrogen-bond acceptors (Lipinski definition) is 1. The predicted molar refractivity (Wildman–Crippen MR) is 84.4 cm³/mol. The summed E-state index contributed by atoms with van der Waals surface area (Å²) >= 11 is 12.2. The Balaban J connectivity index is 2.11. The average molecular weight is 300 g/mol. The Hall–Kier alpha value is -0.240. The minimum Gasteiger partial charge on any atom is -0.304 e. The van der Waals surface area contributed by atoms with E-state index in [4.69, 9.17) is 23.2 Å². The lowest BCUT2D eigenvalue weighted by atomic mass is 9.62. The molecule has 1 fully saturated rings. The molecule has 0 atom stereocenters. The molecule has 0 amide bonds. The topological polar surface area (TPSA) is 3.24 Å². The molecule has 0 spiro atoms. The predicted octanol–water partition coefficient (Wildman–Crippen LogP) is 5.15. The van der Waals surface area contributed by atoms with Gasteiger partial charge in [0.1, 0.15) is 0 Å². The molecule has 0 heterocycles. The Morgan fingerprint density at radius 3 is 2.26 bits per heavy atom. The van der Waals surface area contributed by atoms with Crippen molar-refractivity contribution in [2.24, 2.45) is 0 Å². The fourth-order valence-corrected chi connectivity index (χ4v) is 3.32. The number of hydrogen-bond donors (Lipinski definition) is 0. The smallest absolute Gasteiger partial charge is 0.0595 e. The lowest BCUT2D eigenvalue weighted by Gasteiger charge is -2.44. The highest BCUT2D eigenvalue weighted by atomic mass is 35.5. The van der Waals surface area contributed by atoms with Crippen LogP contribution in [-0.4, -0.2) is 24.5 Å². The fourth-order valence-electron chi connectivity index (χ4n) is 3.02. The van der Waals surface area contributed by atoms with E-state index in [2.05, 4.69) is 30.9 Å². The average Bonchev–Trinajstić information content (AvgIpc) is 2.37. The minimum absolute atomic E-state index is 0.344. The molecular weight excluding hydrogens is 277 g/mol. The zero-order valence-electron chi connectivity index (χ0n) is 11.9. The molecule has 3 heteroatoms. The highest BCUT2D eigenvalue weighted by Crippen LogP contribution is 2.47. The molecule has 0 N–H and O–H groups in total. The molecule has 2 rings (SSSR count). The van der Waals surface area contributed by atoms with E-state index >= 15 is 0 Å². The fraction of sp³-hybridized carbons (Fsp3) is 0.625. The van der Waals surface area contributed by atoms with Gasteiger partial charge in [0, 0.05) is 0 Å². The van der Waals surface area contributed by atoms with Gasteiger partial charge in [-0.15, -0.1) is 0 Å². The maximum atomic E-state index is 6.18. The zero-order chi connectivity index (χ0) is 13.9. The SMILES string of the molecule is CCN(CC)CCC1(c2ccc(Cl)c(Cl)c2)CCC1. The van der Waals surface area contributed by atoms with Crippen molar-refractivity contribution < 1.29 is 0 Å². The highest BCUT2D eigenvalue weighted by Gasteiger charge is 2.38. The Morgan fingerprint density at radius 2 is 1.79 bits per heavy atom. The number of nitrogens with zero attached hydrogens (tertiary/aromatic N) is 1. The second kappa shape index (κ2) is 6.47. The molecule has 1 aromatic carbocycles. The summed E-state index contributed by atoms with van der Waals surface area (Å²) in [6.07, 6.45) is 5.13. The zero-order valence-corrected chi connectivity index (χ0v) is 13.4. The van der Waals surface area contributed by atoms with E-state index in [0.717, 1.165) is 13.1 Å². The van der Waals surface area contributed by atoms with Gasteiger partial charge in [0.15, 0.2) is 0 Å². The van der Waals surface area contributed by atoms with E-state index in [0.29, 0.717) is 15.5 Å². The van der Waals surface area contributed by atoms with E-state index < -0.39 is 0 Å². The van der Waals surface area contributed by atoms with Crippen LogP contribution in [0.4, 0.5) is 0 Å². The first kappa shape index (κ1) is 15.2. The summed E-state index contributed by atoms with van der Waals surface area (Å²) < 4.78 is 0. The van der Waals surface area contributed by atoms with Gasteiger partial charge in [-0.25, -0.2) is 0 Å². The van der Waals surface area contributed by atoms with Crippen LogP contribution < -0.4 is 0 Å². The van der Waals surface area contributed by atoms with Crippen LogP contribution in [0.15, 0.2) is 18.2 Å².